The van der Waals surface area contributed by atoms with Gasteiger partial charge in [0.25, 0.3) is 5.56 Å². The van der Waals surface area contributed by atoms with Crippen LogP contribution in [0.15, 0.2) is 23.5 Å². The maximum Gasteiger partial charge on any atom is 0.253 e. The fourth-order valence-electron chi connectivity index (χ4n) is 4.20. The zero-order valence-electron chi connectivity index (χ0n) is 15.5. The van der Waals surface area contributed by atoms with Gasteiger partial charge < -0.3 is 9.64 Å². The van der Waals surface area contributed by atoms with Crippen molar-refractivity contribution in [1.82, 2.24) is 19.5 Å². The highest BCUT2D eigenvalue weighted by Gasteiger charge is 2.27. The van der Waals surface area contributed by atoms with E-state index < -0.39 is 0 Å². The van der Waals surface area contributed by atoms with Crippen LogP contribution in [0.4, 0.5) is 5.82 Å². The lowest BCUT2D eigenvalue weighted by atomic mass is 9.96. The van der Waals surface area contributed by atoms with E-state index in [1.54, 1.807) is 23.3 Å². The average molecular weight is 367 g/mol. The van der Waals surface area contributed by atoms with E-state index in [1.807, 2.05) is 0 Å². The lowest BCUT2D eigenvalue weighted by Gasteiger charge is -2.34. The van der Waals surface area contributed by atoms with Crippen molar-refractivity contribution in [3.63, 3.8) is 0 Å². The van der Waals surface area contributed by atoms with Crippen molar-refractivity contribution in [2.45, 2.75) is 51.2 Å². The first kappa shape index (κ1) is 16.9. The molecular formula is C20H25N5O2. The van der Waals surface area contributed by atoms with Crippen molar-refractivity contribution in [2.75, 3.05) is 24.6 Å². The fraction of sp³-hybridized carbons (Fsp3) is 0.600. The number of rotatable bonds is 4. The normalized spacial score (nSPS) is 20.5. The van der Waals surface area contributed by atoms with Crippen molar-refractivity contribution in [2.24, 2.45) is 5.92 Å². The third kappa shape index (κ3) is 3.48. The molecule has 2 fully saturated rings. The van der Waals surface area contributed by atoms with Crippen LogP contribution in [0, 0.1) is 5.92 Å². The van der Waals surface area contributed by atoms with Crippen LogP contribution in [0.3, 0.4) is 0 Å². The first-order valence-electron chi connectivity index (χ1n) is 10.00. The smallest absolute Gasteiger partial charge is 0.253 e. The van der Waals surface area contributed by atoms with Gasteiger partial charge in [-0.15, -0.1) is 0 Å². The Labute approximate surface area is 158 Å². The zero-order valence-corrected chi connectivity index (χ0v) is 15.5. The Kier molecular flexibility index (Phi) is 4.39. The lowest BCUT2D eigenvalue weighted by molar-refractivity contribution is 0.109. The second kappa shape index (κ2) is 7.03. The van der Waals surface area contributed by atoms with Crippen molar-refractivity contribution in [3.8, 4) is 0 Å². The van der Waals surface area contributed by atoms with E-state index in [1.165, 1.54) is 12.8 Å². The number of anilines is 1. The first-order valence-corrected chi connectivity index (χ1v) is 10.00. The van der Waals surface area contributed by atoms with Crippen LogP contribution >= 0.6 is 0 Å². The summed E-state index contributed by atoms with van der Waals surface area (Å²) in [5.41, 5.74) is 3.35. The van der Waals surface area contributed by atoms with Crippen LogP contribution in [0.1, 0.15) is 48.6 Å². The largest absolute Gasteiger partial charge is 0.376 e. The van der Waals surface area contributed by atoms with Crippen LogP contribution in [-0.2, 0) is 24.3 Å². The molecule has 7 nitrogen and oxygen atoms in total. The number of fused-ring (bicyclic) bond motifs is 1. The Bertz CT molecular complexity index is 884. The minimum atomic E-state index is 0.0938. The number of piperidine rings is 1. The van der Waals surface area contributed by atoms with Gasteiger partial charge in [0.05, 0.1) is 30.9 Å². The molecule has 0 atom stereocenters. The summed E-state index contributed by atoms with van der Waals surface area (Å²) in [7, 11) is 0. The topological polar surface area (TPSA) is 73.1 Å². The van der Waals surface area contributed by atoms with Gasteiger partial charge >= 0.3 is 0 Å². The van der Waals surface area contributed by atoms with Gasteiger partial charge in [-0.25, -0.2) is 15.0 Å². The van der Waals surface area contributed by atoms with Gasteiger partial charge in [-0.1, -0.05) is 0 Å². The molecule has 0 unspecified atom stereocenters. The number of ether oxygens (including phenoxy) is 1. The molecule has 1 saturated heterocycles. The van der Waals surface area contributed by atoms with Crippen LogP contribution in [0.2, 0.25) is 0 Å². The summed E-state index contributed by atoms with van der Waals surface area (Å²) >= 11 is 0. The third-order valence-corrected chi connectivity index (χ3v) is 6.01. The molecule has 27 heavy (non-hydrogen) atoms. The molecule has 4 heterocycles. The van der Waals surface area contributed by atoms with Crippen molar-refractivity contribution in [3.05, 3.63) is 46.0 Å². The molecule has 0 radical (unpaired) electrons. The molecule has 7 heteroatoms. The van der Waals surface area contributed by atoms with Gasteiger partial charge in [-0.05, 0) is 31.6 Å². The average Bonchev–Trinajstić information content (AvgIpc) is 3.55. The van der Waals surface area contributed by atoms with E-state index in [0.29, 0.717) is 18.4 Å². The maximum atomic E-state index is 12.4. The van der Waals surface area contributed by atoms with Gasteiger partial charge in [0, 0.05) is 43.6 Å². The Morgan fingerprint density at radius 3 is 2.74 bits per heavy atom. The minimum Gasteiger partial charge on any atom is -0.376 e. The monoisotopic (exact) mass is 367 g/mol. The van der Waals surface area contributed by atoms with Crippen LogP contribution in [-0.4, -0.2) is 39.2 Å². The predicted molar refractivity (Wildman–Crippen MR) is 101 cm³/mol. The highest BCUT2D eigenvalue weighted by molar-refractivity contribution is 5.49. The second-order valence-electron chi connectivity index (χ2n) is 7.93. The van der Waals surface area contributed by atoms with Gasteiger partial charge in [-0.3, -0.25) is 9.36 Å². The molecule has 0 amide bonds. The molecule has 0 bridgehead atoms. The van der Waals surface area contributed by atoms with E-state index >= 15 is 0 Å². The zero-order chi connectivity index (χ0) is 18.2. The molecule has 1 aliphatic carbocycles. The summed E-state index contributed by atoms with van der Waals surface area (Å²) in [5.74, 6) is 2.06. The molecule has 2 aromatic rings. The molecule has 0 N–H and O–H groups in total. The summed E-state index contributed by atoms with van der Waals surface area (Å²) in [5, 5.41) is 0. The van der Waals surface area contributed by atoms with Gasteiger partial charge in [-0.2, -0.15) is 0 Å². The summed E-state index contributed by atoms with van der Waals surface area (Å²) in [6.07, 6.45) is 8.75. The number of nitrogens with zero attached hydrogens (tertiary/aromatic N) is 5. The molecule has 0 aromatic carbocycles. The van der Waals surface area contributed by atoms with E-state index in [4.69, 9.17) is 4.74 Å². The predicted octanol–water partition coefficient (Wildman–Crippen LogP) is 1.90. The molecule has 2 aliphatic heterocycles. The Morgan fingerprint density at radius 2 is 1.96 bits per heavy atom. The lowest BCUT2D eigenvalue weighted by Crippen LogP contribution is -2.38. The summed E-state index contributed by atoms with van der Waals surface area (Å²) < 4.78 is 7.40. The van der Waals surface area contributed by atoms with Crippen LogP contribution in [0.25, 0.3) is 0 Å². The molecular weight excluding hydrogens is 342 g/mol. The molecule has 142 valence electrons. The van der Waals surface area contributed by atoms with Gasteiger partial charge in [0.2, 0.25) is 0 Å². The quantitative estimate of drug-likeness (QED) is 0.822. The first-order chi connectivity index (χ1) is 13.3. The van der Waals surface area contributed by atoms with E-state index in [0.717, 1.165) is 68.3 Å². The Morgan fingerprint density at radius 1 is 1.11 bits per heavy atom. The van der Waals surface area contributed by atoms with Crippen molar-refractivity contribution >= 4 is 5.82 Å². The van der Waals surface area contributed by atoms with Crippen molar-refractivity contribution in [1.29, 1.82) is 0 Å². The molecule has 2 aromatic heterocycles. The summed E-state index contributed by atoms with van der Waals surface area (Å²) in [4.78, 5) is 28.2. The van der Waals surface area contributed by atoms with Gasteiger partial charge in [0.15, 0.2) is 0 Å². The van der Waals surface area contributed by atoms with E-state index in [9.17, 15) is 4.79 Å². The van der Waals surface area contributed by atoms with E-state index in [-0.39, 0.29) is 5.56 Å². The highest BCUT2D eigenvalue weighted by atomic mass is 16.5. The highest BCUT2D eigenvalue weighted by Crippen LogP contribution is 2.38. The maximum absolute atomic E-state index is 12.4. The van der Waals surface area contributed by atoms with E-state index in [2.05, 4.69) is 19.9 Å². The molecule has 5 rings (SSSR count). The fourth-order valence-corrected chi connectivity index (χ4v) is 4.20. The van der Waals surface area contributed by atoms with Gasteiger partial charge in [0.1, 0.15) is 12.1 Å². The molecule has 0 spiro atoms. The van der Waals surface area contributed by atoms with Crippen molar-refractivity contribution < 1.29 is 4.74 Å². The van der Waals surface area contributed by atoms with Crippen LogP contribution in [0.5, 0.6) is 0 Å². The molecule has 3 aliphatic rings. The second-order valence-corrected chi connectivity index (χ2v) is 7.93. The number of hydrogen-bond acceptors (Lipinski definition) is 6. The third-order valence-electron chi connectivity index (χ3n) is 6.01. The summed E-state index contributed by atoms with van der Waals surface area (Å²) in [6, 6.07) is 1.74. The Hall–Kier alpha value is -2.28. The molecule has 1 saturated carbocycles. The van der Waals surface area contributed by atoms with Crippen LogP contribution < -0.4 is 10.5 Å². The number of hydrogen-bond donors (Lipinski definition) is 0. The standard InChI is InChI=1S/C20H25N5O2/c26-19-9-18(15-1-2-15)23-13-25(19)10-14-3-6-24(7-4-14)20-16-11-27-8-5-17(16)21-12-22-20/h9,12-15H,1-8,10-11H2. The summed E-state index contributed by atoms with van der Waals surface area (Å²) in [6.45, 7) is 4.02. The Balaban J connectivity index is 1.24. The SMILES string of the molecule is O=c1cc(C2CC2)ncn1CC1CCN(c2ncnc3c2COCC3)CC1. The minimum absolute atomic E-state index is 0.0938. The number of aromatic nitrogens is 4.